The van der Waals surface area contributed by atoms with Gasteiger partial charge >= 0.3 is 0 Å². The molecule has 150 valence electrons. The largest absolute Gasteiger partial charge is 0.314 e. The fourth-order valence-electron chi connectivity index (χ4n) is 3.28. The van der Waals surface area contributed by atoms with Gasteiger partial charge in [0.15, 0.2) is 0 Å². The topological polar surface area (TPSA) is 68.1 Å². The molecule has 0 saturated heterocycles. The van der Waals surface area contributed by atoms with E-state index in [9.17, 15) is 9.59 Å². The van der Waals surface area contributed by atoms with E-state index in [0.29, 0.717) is 11.8 Å². The average Bonchev–Trinajstić information content (AvgIpc) is 2.77. The van der Waals surface area contributed by atoms with E-state index in [1.54, 1.807) is 25.5 Å². The molecule has 2 aromatic carbocycles. The number of likely N-dealkylation sites (N-methyl/N-ethyl adjacent to an activating group) is 1. The number of carbonyl (C=O) groups excluding carboxylic acids is 1. The fourth-order valence-corrected chi connectivity index (χ4v) is 3.55. The zero-order valence-corrected chi connectivity index (χ0v) is 17.9. The summed E-state index contributed by atoms with van der Waals surface area (Å²) in [5.41, 5.74) is 2.18. The molecule has 0 fully saturated rings. The first-order valence-electron chi connectivity index (χ1n) is 9.42. The third-order valence-corrected chi connectivity index (χ3v) is 5.44. The molecule has 4 rings (SSSR count). The first-order valence-corrected chi connectivity index (χ1v) is 10.2. The molecule has 30 heavy (non-hydrogen) atoms. The second-order valence-corrected chi connectivity index (χ2v) is 7.84. The van der Waals surface area contributed by atoms with Crippen molar-refractivity contribution in [2.75, 3.05) is 11.9 Å². The molecular weight excluding hydrogens is 444 g/mol. The average molecular weight is 463 g/mol. The van der Waals surface area contributed by atoms with E-state index in [1.165, 1.54) is 9.58 Å². The second-order valence-electron chi connectivity index (χ2n) is 6.92. The summed E-state index contributed by atoms with van der Waals surface area (Å²) in [7, 11) is 1.69. The quantitative estimate of drug-likeness (QED) is 0.452. The third kappa shape index (κ3) is 4.16. The Morgan fingerprint density at radius 2 is 1.77 bits per heavy atom. The van der Waals surface area contributed by atoms with Crippen LogP contribution in [0.4, 0.5) is 5.69 Å². The standard InChI is InChI=1S/C23H19BrN4O2/c1-27(18-10-8-17(24)9-11-18)22(29)15-28-23(30)20-7-3-2-6-19(20)21(26-28)13-16-5-4-12-25-14-16/h2-12,14H,13,15H2,1H3. The van der Waals surface area contributed by atoms with Crippen LogP contribution in [0.15, 0.2) is 82.3 Å². The van der Waals surface area contributed by atoms with Crippen LogP contribution in [-0.4, -0.2) is 27.7 Å². The number of amides is 1. The van der Waals surface area contributed by atoms with E-state index in [4.69, 9.17) is 0 Å². The van der Waals surface area contributed by atoms with Crippen LogP contribution in [0.25, 0.3) is 10.8 Å². The molecule has 6 nitrogen and oxygen atoms in total. The molecular formula is C23H19BrN4O2. The fraction of sp³-hybridized carbons (Fsp3) is 0.130. The SMILES string of the molecule is CN(C(=O)Cn1nc(Cc2cccnc2)c2ccccc2c1=O)c1ccc(Br)cc1. The number of nitrogens with zero attached hydrogens (tertiary/aromatic N) is 4. The van der Waals surface area contributed by atoms with Gasteiger partial charge in [-0.25, -0.2) is 4.68 Å². The Labute approximate surface area is 181 Å². The number of rotatable bonds is 5. The van der Waals surface area contributed by atoms with E-state index in [1.807, 2.05) is 54.6 Å². The number of hydrogen-bond donors (Lipinski definition) is 0. The maximum atomic E-state index is 13.0. The first kappa shape index (κ1) is 20.0. The van der Waals surface area contributed by atoms with Gasteiger partial charge in [-0.2, -0.15) is 5.10 Å². The first-order chi connectivity index (χ1) is 14.5. The summed E-state index contributed by atoms with van der Waals surface area (Å²) < 4.78 is 2.19. The molecule has 1 amide bonds. The van der Waals surface area contributed by atoms with Crippen LogP contribution >= 0.6 is 15.9 Å². The Kier molecular flexibility index (Phi) is 5.72. The maximum Gasteiger partial charge on any atom is 0.275 e. The van der Waals surface area contributed by atoms with Crippen LogP contribution in [0.3, 0.4) is 0 Å². The summed E-state index contributed by atoms with van der Waals surface area (Å²) in [4.78, 5) is 31.5. The molecule has 0 unspecified atom stereocenters. The predicted octanol–water partition coefficient (Wildman–Crippen LogP) is 3.81. The van der Waals surface area contributed by atoms with Crippen molar-refractivity contribution in [2.24, 2.45) is 0 Å². The summed E-state index contributed by atoms with van der Waals surface area (Å²) in [6.45, 7) is -0.143. The number of carbonyl (C=O) groups is 1. The van der Waals surface area contributed by atoms with Gasteiger partial charge in [-0.1, -0.05) is 40.2 Å². The summed E-state index contributed by atoms with van der Waals surface area (Å²) in [6, 6.07) is 18.6. The van der Waals surface area contributed by atoms with Crippen molar-refractivity contribution in [2.45, 2.75) is 13.0 Å². The Morgan fingerprint density at radius 1 is 1.03 bits per heavy atom. The van der Waals surface area contributed by atoms with Crippen LogP contribution in [0, 0.1) is 0 Å². The van der Waals surface area contributed by atoms with E-state index in [-0.39, 0.29) is 18.0 Å². The number of halogens is 1. The molecule has 0 spiro atoms. The third-order valence-electron chi connectivity index (χ3n) is 4.91. The van der Waals surface area contributed by atoms with Crippen LogP contribution in [0.5, 0.6) is 0 Å². The van der Waals surface area contributed by atoms with E-state index >= 15 is 0 Å². The molecule has 0 aliphatic heterocycles. The zero-order chi connectivity index (χ0) is 21.1. The molecule has 0 aliphatic rings. The van der Waals surface area contributed by atoms with Crippen molar-refractivity contribution in [3.63, 3.8) is 0 Å². The normalized spacial score (nSPS) is 10.9. The van der Waals surface area contributed by atoms with Gasteiger partial charge in [0.2, 0.25) is 5.91 Å². The molecule has 0 saturated carbocycles. The van der Waals surface area contributed by atoms with E-state index in [2.05, 4.69) is 26.0 Å². The molecule has 0 aliphatic carbocycles. The minimum absolute atomic E-state index is 0.143. The van der Waals surface area contributed by atoms with Crippen LogP contribution in [0.1, 0.15) is 11.3 Å². The van der Waals surface area contributed by atoms with Crippen molar-refractivity contribution in [3.8, 4) is 0 Å². The van der Waals surface area contributed by atoms with Gasteiger partial charge in [-0.3, -0.25) is 14.6 Å². The molecule has 4 aromatic rings. The Balaban J connectivity index is 1.70. The number of fused-ring (bicyclic) bond motifs is 1. The highest BCUT2D eigenvalue weighted by molar-refractivity contribution is 9.10. The molecule has 2 aromatic heterocycles. The van der Waals surface area contributed by atoms with E-state index in [0.717, 1.165) is 26.8 Å². The van der Waals surface area contributed by atoms with Crippen molar-refractivity contribution in [1.29, 1.82) is 0 Å². The van der Waals surface area contributed by atoms with Gasteiger partial charge < -0.3 is 4.90 Å². The number of benzene rings is 2. The smallest absolute Gasteiger partial charge is 0.275 e. The predicted molar refractivity (Wildman–Crippen MR) is 121 cm³/mol. The van der Waals surface area contributed by atoms with Gasteiger partial charge in [0.25, 0.3) is 5.56 Å². The molecule has 0 N–H and O–H groups in total. The zero-order valence-electron chi connectivity index (χ0n) is 16.3. The van der Waals surface area contributed by atoms with Crippen LogP contribution in [-0.2, 0) is 17.8 Å². The van der Waals surface area contributed by atoms with Crippen molar-refractivity contribution in [3.05, 3.63) is 99.1 Å². The lowest BCUT2D eigenvalue weighted by atomic mass is 10.1. The van der Waals surface area contributed by atoms with Crippen molar-refractivity contribution >= 4 is 38.3 Å². The van der Waals surface area contributed by atoms with Gasteiger partial charge in [0, 0.05) is 41.4 Å². The Morgan fingerprint density at radius 3 is 2.47 bits per heavy atom. The van der Waals surface area contributed by atoms with Gasteiger partial charge in [-0.15, -0.1) is 0 Å². The summed E-state index contributed by atoms with van der Waals surface area (Å²) in [5.74, 6) is -0.227. The van der Waals surface area contributed by atoms with E-state index < -0.39 is 0 Å². The lowest BCUT2D eigenvalue weighted by Crippen LogP contribution is -2.35. The minimum Gasteiger partial charge on any atom is -0.314 e. The number of hydrogen-bond acceptors (Lipinski definition) is 4. The second kappa shape index (κ2) is 8.59. The summed E-state index contributed by atoms with van der Waals surface area (Å²) in [6.07, 6.45) is 4.01. The molecule has 0 radical (unpaired) electrons. The van der Waals surface area contributed by atoms with Crippen molar-refractivity contribution in [1.82, 2.24) is 14.8 Å². The minimum atomic E-state index is -0.280. The highest BCUT2D eigenvalue weighted by atomic mass is 79.9. The monoisotopic (exact) mass is 462 g/mol. The van der Waals surface area contributed by atoms with Gasteiger partial charge in [-0.05, 0) is 42.0 Å². The highest BCUT2D eigenvalue weighted by Crippen LogP contribution is 2.19. The highest BCUT2D eigenvalue weighted by Gasteiger charge is 2.16. The number of aromatic nitrogens is 3. The Hall–Kier alpha value is -3.32. The number of anilines is 1. The van der Waals surface area contributed by atoms with Gasteiger partial charge in [0.05, 0.1) is 11.1 Å². The summed E-state index contributed by atoms with van der Waals surface area (Å²) in [5, 5.41) is 5.88. The molecule has 7 heteroatoms. The maximum absolute atomic E-state index is 13.0. The molecule has 0 bridgehead atoms. The molecule has 2 heterocycles. The summed E-state index contributed by atoms with van der Waals surface area (Å²) >= 11 is 3.39. The van der Waals surface area contributed by atoms with Crippen LogP contribution in [0.2, 0.25) is 0 Å². The van der Waals surface area contributed by atoms with Crippen molar-refractivity contribution < 1.29 is 4.79 Å². The van der Waals surface area contributed by atoms with Crippen LogP contribution < -0.4 is 10.5 Å². The lowest BCUT2D eigenvalue weighted by Gasteiger charge is -2.18. The number of pyridine rings is 1. The Bertz CT molecular complexity index is 1250. The lowest BCUT2D eigenvalue weighted by molar-refractivity contribution is -0.119. The van der Waals surface area contributed by atoms with Gasteiger partial charge in [0.1, 0.15) is 6.54 Å². The molecule has 0 atom stereocenters.